The Morgan fingerprint density at radius 3 is 2.64 bits per heavy atom. The second kappa shape index (κ2) is 7.25. The van der Waals surface area contributed by atoms with Gasteiger partial charge in [0.25, 0.3) is 5.91 Å². The van der Waals surface area contributed by atoms with E-state index in [1.54, 1.807) is 24.3 Å². The quantitative estimate of drug-likeness (QED) is 0.470. The number of halogens is 1. The van der Waals surface area contributed by atoms with Crippen LogP contribution in [0.5, 0.6) is 0 Å². The van der Waals surface area contributed by atoms with Gasteiger partial charge in [-0.25, -0.2) is 5.43 Å². The highest BCUT2D eigenvalue weighted by atomic mass is 79.9. The third-order valence-electron chi connectivity index (χ3n) is 2.59. The number of nitro groups is 1. The van der Waals surface area contributed by atoms with Crippen molar-refractivity contribution in [3.05, 3.63) is 61.4 Å². The van der Waals surface area contributed by atoms with Crippen LogP contribution in [0.1, 0.15) is 16.5 Å². The lowest BCUT2D eigenvalue weighted by Crippen LogP contribution is -2.25. The number of amides is 1. The lowest BCUT2D eigenvalue weighted by atomic mass is 10.1. The molecule has 7 nitrogen and oxygen atoms in total. The third kappa shape index (κ3) is 4.20. The molecule has 1 amide bonds. The number of nitrogens with one attached hydrogen (secondary N) is 1. The van der Waals surface area contributed by atoms with E-state index < -0.39 is 16.9 Å². The van der Waals surface area contributed by atoms with Crippen molar-refractivity contribution in [3.63, 3.8) is 0 Å². The first-order valence-electron chi connectivity index (χ1n) is 5.98. The summed E-state index contributed by atoms with van der Waals surface area (Å²) >= 11 is 4.19. The molecule has 0 radical (unpaired) electrons. The highest BCUT2D eigenvalue weighted by Gasteiger charge is 2.16. The number of thiophene rings is 1. The van der Waals surface area contributed by atoms with Crippen LogP contribution < -0.4 is 5.43 Å². The highest BCUT2D eigenvalue weighted by molar-refractivity contribution is 9.10. The number of hydrogen-bond acceptors (Lipinski definition) is 6. The summed E-state index contributed by atoms with van der Waals surface area (Å²) in [4.78, 5) is 22.3. The average Bonchev–Trinajstić information content (AvgIpc) is 2.96. The molecule has 0 aliphatic carbocycles. The van der Waals surface area contributed by atoms with Crippen molar-refractivity contribution in [2.24, 2.45) is 5.10 Å². The molecule has 1 aromatic carbocycles. The van der Waals surface area contributed by atoms with Crippen LogP contribution >= 0.6 is 27.3 Å². The maximum Gasteiger partial charge on any atom is 0.324 e. The summed E-state index contributed by atoms with van der Waals surface area (Å²) in [6.45, 7) is 0. The Balaban J connectivity index is 1.95. The van der Waals surface area contributed by atoms with E-state index in [2.05, 4.69) is 26.5 Å². The lowest BCUT2D eigenvalue weighted by molar-refractivity contribution is -0.380. The number of hydrazone groups is 1. The predicted molar refractivity (Wildman–Crippen MR) is 85.8 cm³/mol. The molecule has 0 bridgehead atoms. The van der Waals surface area contributed by atoms with Gasteiger partial charge in [-0.05, 0) is 23.8 Å². The fourth-order valence-electron chi connectivity index (χ4n) is 1.53. The van der Waals surface area contributed by atoms with E-state index in [9.17, 15) is 20.0 Å². The summed E-state index contributed by atoms with van der Waals surface area (Å²) in [5.74, 6) is -0.690. The molecule has 0 spiro atoms. The van der Waals surface area contributed by atoms with Gasteiger partial charge in [0.05, 0.1) is 16.0 Å². The van der Waals surface area contributed by atoms with E-state index in [4.69, 9.17) is 0 Å². The largest absolute Gasteiger partial charge is 0.378 e. The van der Waals surface area contributed by atoms with Gasteiger partial charge in [-0.2, -0.15) is 5.10 Å². The first-order chi connectivity index (χ1) is 10.5. The van der Waals surface area contributed by atoms with E-state index in [1.807, 2.05) is 0 Å². The average molecular weight is 384 g/mol. The molecule has 2 rings (SSSR count). The highest BCUT2D eigenvalue weighted by Crippen LogP contribution is 2.22. The summed E-state index contributed by atoms with van der Waals surface area (Å²) in [6.07, 6.45) is -0.0629. The molecule has 0 fully saturated rings. The molecule has 2 N–H and O–H groups in total. The maximum atomic E-state index is 11.7. The van der Waals surface area contributed by atoms with Crippen LogP contribution in [-0.2, 0) is 4.79 Å². The molecule has 114 valence electrons. The molecule has 2 aromatic rings. The van der Waals surface area contributed by atoms with Crippen LogP contribution in [0.3, 0.4) is 0 Å². The molecule has 22 heavy (non-hydrogen) atoms. The van der Waals surface area contributed by atoms with Gasteiger partial charge in [0.2, 0.25) is 0 Å². The number of nitrogens with zero attached hydrogens (tertiary/aromatic N) is 2. The first kappa shape index (κ1) is 16.3. The van der Waals surface area contributed by atoms with Crippen LogP contribution in [0.15, 0.2) is 46.0 Å². The van der Waals surface area contributed by atoms with Crippen LogP contribution in [0, 0.1) is 10.1 Å². The molecule has 0 saturated heterocycles. The SMILES string of the molecule is O=C(N/N=C\c1ccc([N+](=O)[O-])s1)C(O)c1ccc(Br)cc1. The Morgan fingerprint density at radius 2 is 2.05 bits per heavy atom. The summed E-state index contributed by atoms with van der Waals surface area (Å²) < 4.78 is 0.834. The zero-order chi connectivity index (χ0) is 16.1. The van der Waals surface area contributed by atoms with E-state index in [1.165, 1.54) is 18.3 Å². The number of aliphatic hydroxyl groups excluding tert-OH is 1. The Kier molecular flexibility index (Phi) is 5.36. The van der Waals surface area contributed by atoms with Crippen LogP contribution in [0.4, 0.5) is 5.00 Å². The van der Waals surface area contributed by atoms with Gasteiger partial charge in [-0.3, -0.25) is 14.9 Å². The summed E-state index contributed by atoms with van der Waals surface area (Å²) in [5.41, 5.74) is 2.62. The number of benzene rings is 1. The van der Waals surface area contributed by atoms with E-state index in [-0.39, 0.29) is 5.00 Å². The van der Waals surface area contributed by atoms with Crippen molar-refractivity contribution in [2.75, 3.05) is 0 Å². The molecule has 0 aliphatic rings. The number of carbonyl (C=O) groups is 1. The smallest absolute Gasteiger partial charge is 0.324 e. The van der Waals surface area contributed by atoms with Gasteiger partial charge in [0.15, 0.2) is 6.10 Å². The Hall–Kier alpha value is -2.10. The predicted octanol–water partition coefficient (Wildman–Crippen LogP) is 2.60. The lowest BCUT2D eigenvalue weighted by Gasteiger charge is -2.08. The van der Waals surface area contributed by atoms with Crippen LogP contribution in [-0.4, -0.2) is 22.2 Å². The van der Waals surface area contributed by atoms with E-state index in [0.717, 1.165) is 15.8 Å². The number of rotatable bonds is 5. The monoisotopic (exact) mass is 383 g/mol. The fourth-order valence-corrected chi connectivity index (χ4v) is 2.48. The molecule has 1 atom stereocenters. The second-order valence-corrected chi connectivity index (χ2v) is 6.13. The second-order valence-electron chi connectivity index (χ2n) is 4.12. The van der Waals surface area contributed by atoms with Gasteiger partial charge in [-0.15, -0.1) is 0 Å². The number of carbonyl (C=O) groups excluding carboxylic acids is 1. The number of hydrogen-bond donors (Lipinski definition) is 2. The Bertz CT molecular complexity index is 714. The van der Waals surface area contributed by atoms with Crippen LogP contribution in [0.25, 0.3) is 0 Å². The van der Waals surface area contributed by atoms with Crippen molar-refractivity contribution in [1.82, 2.24) is 5.43 Å². The van der Waals surface area contributed by atoms with Crippen molar-refractivity contribution < 1.29 is 14.8 Å². The van der Waals surface area contributed by atoms with Crippen molar-refractivity contribution in [3.8, 4) is 0 Å². The van der Waals surface area contributed by atoms with Crippen molar-refractivity contribution in [1.29, 1.82) is 0 Å². The minimum absolute atomic E-state index is 0.0114. The van der Waals surface area contributed by atoms with Gasteiger partial charge >= 0.3 is 5.00 Å². The molecule has 1 aromatic heterocycles. The Labute approximate surface area is 137 Å². The van der Waals surface area contributed by atoms with E-state index >= 15 is 0 Å². The van der Waals surface area contributed by atoms with Gasteiger partial charge in [-0.1, -0.05) is 39.4 Å². The number of aliphatic hydroxyl groups is 1. The minimum Gasteiger partial charge on any atom is -0.378 e. The normalized spacial score (nSPS) is 12.3. The standard InChI is InChI=1S/C13H10BrN3O4S/c14-9-3-1-8(2-4-9)12(18)13(19)16-15-7-10-5-6-11(22-10)17(20)21/h1-7,12,18H,(H,16,19)/b15-7-. The molecule has 1 unspecified atom stereocenters. The molecule has 1 heterocycles. The molecule has 0 aliphatic heterocycles. The summed E-state index contributed by atoms with van der Waals surface area (Å²) in [7, 11) is 0. The zero-order valence-corrected chi connectivity index (χ0v) is 13.4. The molecule has 0 saturated carbocycles. The van der Waals surface area contributed by atoms with Crippen LogP contribution in [0.2, 0.25) is 0 Å². The maximum absolute atomic E-state index is 11.7. The van der Waals surface area contributed by atoms with Gasteiger partial charge < -0.3 is 5.11 Å². The topological polar surface area (TPSA) is 105 Å². The summed E-state index contributed by atoms with van der Waals surface area (Å²) in [5, 5.41) is 24.1. The van der Waals surface area contributed by atoms with Crippen molar-refractivity contribution >= 4 is 44.4 Å². The van der Waals surface area contributed by atoms with Crippen molar-refractivity contribution in [2.45, 2.75) is 6.10 Å². The molecule has 9 heteroatoms. The molecular formula is C13H10BrN3O4S. The summed E-state index contributed by atoms with van der Waals surface area (Å²) in [6, 6.07) is 9.51. The van der Waals surface area contributed by atoms with Gasteiger partial charge in [0, 0.05) is 10.5 Å². The first-order valence-corrected chi connectivity index (χ1v) is 7.59. The fraction of sp³-hybridized carbons (Fsp3) is 0.0769. The van der Waals surface area contributed by atoms with E-state index in [0.29, 0.717) is 10.4 Å². The third-order valence-corrected chi connectivity index (χ3v) is 4.09. The Morgan fingerprint density at radius 1 is 1.36 bits per heavy atom. The zero-order valence-electron chi connectivity index (χ0n) is 11.0. The van der Waals surface area contributed by atoms with Gasteiger partial charge in [0.1, 0.15) is 0 Å². The molecular weight excluding hydrogens is 374 g/mol. The minimum atomic E-state index is -1.34.